The largest absolute Gasteiger partial charge is 0.416 e. The summed E-state index contributed by atoms with van der Waals surface area (Å²) in [6, 6.07) is 3.30. The summed E-state index contributed by atoms with van der Waals surface area (Å²) in [5.74, 6) is -0.472. The van der Waals surface area contributed by atoms with E-state index in [-0.39, 0.29) is 13.0 Å². The first kappa shape index (κ1) is 15.8. The molecule has 1 saturated heterocycles. The Hall–Kier alpha value is -1.61. The van der Waals surface area contributed by atoms with Crippen LogP contribution in [0.1, 0.15) is 12.0 Å². The number of anilines is 1. The minimum absolute atomic E-state index is 0.247. The lowest BCUT2D eigenvalue weighted by molar-refractivity contribution is -0.137. The van der Waals surface area contributed by atoms with Crippen molar-refractivity contribution in [1.82, 2.24) is 4.72 Å². The fraction of sp³-hybridized carbons (Fsp3) is 0.417. The molecule has 1 atom stereocenters. The summed E-state index contributed by atoms with van der Waals surface area (Å²) >= 11 is 0. The molecule has 116 valence electrons. The molecule has 21 heavy (non-hydrogen) atoms. The average Bonchev–Trinajstić information content (AvgIpc) is 2.68. The van der Waals surface area contributed by atoms with E-state index in [1.807, 2.05) is 0 Å². The molecule has 0 aliphatic carbocycles. The van der Waals surface area contributed by atoms with Crippen molar-refractivity contribution in [3.05, 3.63) is 29.8 Å². The Labute approximate surface area is 119 Å². The summed E-state index contributed by atoms with van der Waals surface area (Å²) in [5, 5.41) is 0. The molecule has 0 unspecified atom stereocenters. The minimum atomic E-state index is -4.44. The second-order valence-corrected chi connectivity index (χ2v) is 6.55. The summed E-state index contributed by atoms with van der Waals surface area (Å²) in [6.45, 7) is 0.247. The average molecular weight is 322 g/mol. The summed E-state index contributed by atoms with van der Waals surface area (Å²) < 4.78 is 61.8. The maximum atomic E-state index is 12.5. The SMILES string of the molecule is CS(=O)(=O)N[C@H]1CCN(c2ccc(C(F)(F)F)cc2)C1=O. The van der Waals surface area contributed by atoms with Crippen molar-refractivity contribution in [2.75, 3.05) is 17.7 Å². The van der Waals surface area contributed by atoms with Crippen molar-refractivity contribution in [2.24, 2.45) is 0 Å². The predicted molar refractivity (Wildman–Crippen MR) is 70.2 cm³/mol. The third kappa shape index (κ3) is 3.73. The standard InChI is InChI=1S/C12H13F3N2O3S/c1-21(19,20)16-10-6-7-17(11(10)18)9-4-2-8(3-5-9)12(13,14)15/h2-5,10,16H,6-7H2,1H3/t10-/m0/s1. The van der Waals surface area contributed by atoms with Crippen LogP contribution in [0, 0.1) is 0 Å². The first-order valence-electron chi connectivity index (χ1n) is 6.04. The summed E-state index contributed by atoms with van der Waals surface area (Å²) in [6.07, 6.45) is -3.22. The third-order valence-electron chi connectivity index (χ3n) is 3.07. The fourth-order valence-electron chi connectivity index (χ4n) is 2.13. The van der Waals surface area contributed by atoms with Crippen LogP contribution in [0.2, 0.25) is 0 Å². The molecule has 1 aromatic rings. The first-order valence-corrected chi connectivity index (χ1v) is 7.93. The molecular weight excluding hydrogens is 309 g/mol. The van der Waals surface area contributed by atoms with E-state index >= 15 is 0 Å². The molecule has 1 N–H and O–H groups in total. The van der Waals surface area contributed by atoms with Crippen LogP contribution in [0.5, 0.6) is 0 Å². The zero-order chi connectivity index (χ0) is 15.8. The van der Waals surface area contributed by atoms with Crippen LogP contribution < -0.4 is 9.62 Å². The first-order chi connectivity index (χ1) is 9.58. The molecule has 0 saturated carbocycles. The lowest BCUT2D eigenvalue weighted by Gasteiger charge is -2.17. The summed E-state index contributed by atoms with van der Waals surface area (Å²) in [5.41, 5.74) is -0.491. The normalized spacial score (nSPS) is 20.1. The van der Waals surface area contributed by atoms with Gasteiger partial charge in [0.1, 0.15) is 6.04 Å². The van der Waals surface area contributed by atoms with Crippen LogP contribution in [-0.4, -0.2) is 33.2 Å². The summed E-state index contributed by atoms with van der Waals surface area (Å²) in [4.78, 5) is 13.3. The Balaban J connectivity index is 2.15. The van der Waals surface area contributed by atoms with E-state index in [0.717, 1.165) is 18.4 Å². The Morgan fingerprint density at radius 1 is 1.24 bits per heavy atom. The molecule has 0 spiro atoms. The maximum Gasteiger partial charge on any atom is 0.416 e. The van der Waals surface area contributed by atoms with Gasteiger partial charge < -0.3 is 4.90 Å². The number of alkyl halides is 3. The molecule has 5 nitrogen and oxygen atoms in total. The van der Waals surface area contributed by atoms with Gasteiger partial charge in [-0.1, -0.05) is 0 Å². The zero-order valence-corrected chi connectivity index (χ0v) is 11.8. The van der Waals surface area contributed by atoms with Crippen molar-refractivity contribution in [3.8, 4) is 0 Å². The van der Waals surface area contributed by atoms with Crippen LogP contribution in [-0.2, 0) is 21.0 Å². The van der Waals surface area contributed by atoms with E-state index in [9.17, 15) is 26.4 Å². The highest BCUT2D eigenvalue weighted by molar-refractivity contribution is 7.88. The Bertz CT molecular complexity index is 641. The van der Waals surface area contributed by atoms with E-state index < -0.39 is 33.7 Å². The Kier molecular flexibility index (Phi) is 3.98. The van der Waals surface area contributed by atoms with Gasteiger partial charge in [-0.25, -0.2) is 13.1 Å². The number of carbonyl (C=O) groups is 1. The number of benzene rings is 1. The zero-order valence-electron chi connectivity index (χ0n) is 11.0. The molecule has 9 heteroatoms. The van der Waals surface area contributed by atoms with Gasteiger partial charge in [-0.2, -0.15) is 13.2 Å². The number of carbonyl (C=O) groups excluding carboxylic acids is 1. The molecule has 0 aromatic heterocycles. The molecular formula is C12H13F3N2O3S. The highest BCUT2D eigenvalue weighted by Gasteiger charge is 2.35. The molecule has 1 amide bonds. The number of hydrogen-bond donors (Lipinski definition) is 1. The number of amides is 1. The van der Waals surface area contributed by atoms with Gasteiger partial charge in [0.2, 0.25) is 15.9 Å². The number of rotatable bonds is 3. The van der Waals surface area contributed by atoms with Crippen molar-refractivity contribution in [1.29, 1.82) is 0 Å². The van der Waals surface area contributed by atoms with Crippen molar-refractivity contribution >= 4 is 21.6 Å². The van der Waals surface area contributed by atoms with E-state index in [1.165, 1.54) is 17.0 Å². The highest BCUT2D eigenvalue weighted by Crippen LogP contribution is 2.31. The van der Waals surface area contributed by atoms with Crippen LogP contribution in [0.15, 0.2) is 24.3 Å². The van der Waals surface area contributed by atoms with Gasteiger partial charge in [0.15, 0.2) is 0 Å². The molecule has 1 aliphatic rings. The van der Waals surface area contributed by atoms with Crippen molar-refractivity contribution in [2.45, 2.75) is 18.6 Å². The molecule has 0 radical (unpaired) electrons. The Morgan fingerprint density at radius 3 is 2.29 bits per heavy atom. The smallest absolute Gasteiger partial charge is 0.311 e. The van der Waals surface area contributed by atoms with Gasteiger partial charge in [-0.3, -0.25) is 4.79 Å². The third-order valence-corrected chi connectivity index (χ3v) is 3.78. The topological polar surface area (TPSA) is 66.5 Å². The predicted octanol–water partition coefficient (Wildman–Crippen LogP) is 1.36. The quantitative estimate of drug-likeness (QED) is 0.914. The summed E-state index contributed by atoms with van der Waals surface area (Å²) in [7, 11) is -3.52. The molecule has 1 aromatic carbocycles. The fourth-order valence-corrected chi connectivity index (χ4v) is 2.87. The number of nitrogens with zero attached hydrogens (tertiary/aromatic N) is 1. The minimum Gasteiger partial charge on any atom is -0.311 e. The van der Waals surface area contributed by atoms with Crippen molar-refractivity contribution in [3.63, 3.8) is 0 Å². The highest BCUT2D eigenvalue weighted by atomic mass is 32.2. The van der Waals surface area contributed by atoms with Gasteiger partial charge in [0.05, 0.1) is 11.8 Å². The van der Waals surface area contributed by atoms with E-state index in [1.54, 1.807) is 0 Å². The van der Waals surface area contributed by atoms with E-state index in [4.69, 9.17) is 0 Å². The lowest BCUT2D eigenvalue weighted by Crippen LogP contribution is -2.41. The van der Waals surface area contributed by atoms with Crippen LogP contribution in [0.25, 0.3) is 0 Å². The van der Waals surface area contributed by atoms with Gasteiger partial charge >= 0.3 is 6.18 Å². The second kappa shape index (κ2) is 5.30. The number of halogens is 3. The molecule has 1 fully saturated rings. The Morgan fingerprint density at radius 2 is 1.81 bits per heavy atom. The monoisotopic (exact) mass is 322 g/mol. The van der Waals surface area contributed by atoms with E-state index in [0.29, 0.717) is 5.69 Å². The van der Waals surface area contributed by atoms with Crippen LogP contribution in [0.4, 0.5) is 18.9 Å². The number of hydrogen-bond acceptors (Lipinski definition) is 3. The van der Waals surface area contributed by atoms with E-state index in [2.05, 4.69) is 4.72 Å². The second-order valence-electron chi connectivity index (χ2n) is 4.77. The number of nitrogens with one attached hydrogen (secondary N) is 1. The van der Waals surface area contributed by atoms with Gasteiger partial charge in [-0.05, 0) is 30.7 Å². The lowest BCUT2D eigenvalue weighted by atomic mass is 10.2. The van der Waals surface area contributed by atoms with Crippen LogP contribution in [0.3, 0.4) is 0 Å². The molecule has 0 bridgehead atoms. The maximum absolute atomic E-state index is 12.5. The molecule has 2 rings (SSSR count). The van der Waals surface area contributed by atoms with Gasteiger partial charge in [-0.15, -0.1) is 0 Å². The molecule has 1 heterocycles. The van der Waals surface area contributed by atoms with Crippen molar-refractivity contribution < 1.29 is 26.4 Å². The number of sulfonamides is 1. The van der Waals surface area contributed by atoms with Gasteiger partial charge in [0, 0.05) is 12.2 Å². The van der Waals surface area contributed by atoms with Gasteiger partial charge in [0.25, 0.3) is 0 Å². The van der Waals surface area contributed by atoms with Crippen LogP contribution >= 0.6 is 0 Å². The molecule has 1 aliphatic heterocycles.